The molecule has 3 rings (SSSR count). The van der Waals surface area contributed by atoms with E-state index in [9.17, 15) is 18.0 Å². The fraction of sp³-hybridized carbons (Fsp3) is 0.176. The van der Waals surface area contributed by atoms with E-state index < -0.39 is 21.7 Å². The molecule has 2 amide bonds. The molecule has 8 nitrogen and oxygen atoms in total. The number of fused-ring (bicyclic) bond motifs is 1. The number of carbonyl (C=O) groups is 2. The van der Waals surface area contributed by atoms with Gasteiger partial charge in [-0.15, -0.1) is 0 Å². The third-order valence-corrected chi connectivity index (χ3v) is 5.38. The van der Waals surface area contributed by atoms with E-state index in [1.54, 1.807) is 24.3 Å². The van der Waals surface area contributed by atoms with E-state index in [-0.39, 0.29) is 29.4 Å². The van der Waals surface area contributed by atoms with Gasteiger partial charge < -0.3 is 9.47 Å². The number of ether oxygens (including phenoxy) is 2. The second kappa shape index (κ2) is 7.44. The summed E-state index contributed by atoms with van der Waals surface area (Å²) < 4.78 is 34.6. The first kappa shape index (κ1) is 17.7. The minimum absolute atomic E-state index is 0.0903. The van der Waals surface area contributed by atoms with Gasteiger partial charge in [-0.1, -0.05) is 18.2 Å². The highest BCUT2D eigenvalue weighted by Gasteiger charge is 2.18. The zero-order valence-corrected chi connectivity index (χ0v) is 14.4. The van der Waals surface area contributed by atoms with Crippen LogP contribution in [0.25, 0.3) is 0 Å². The molecule has 9 heteroatoms. The van der Waals surface area contributed by atoms with Crippen molar-refractivity contribution in [2.45, 2.75) is 11.3 Å². The van der Waals surface area contributed by atoms with Crippen molar-refractivity contribution in [3.8, 4) is 11.5 Å². The summed E-state index contributed by atoms with van der Waals surface area (Å²) in [7, 11) is -3.56. The molecule has 0 saturated carbocycles. The second-order valence-corrected chi connectivity index (χ2v) is 7.56. The lowest BCUT2D eigenvalue weighted by Gasteiger charge is -2.08. The molecule has 2 aromatic carbocycles. The quantitative estimate of drug-likeness (QED) is 0.755. The number of sulfone groups is 1. The Kier molecular flexibility index (Phi) is 5.08. The molecule has 0 bridgehead atoms. The summed E-state index contributed by atoms with van der Waals surface area (Å²) in [6, 6.07) is 12.5. The zero-order valence-electron chi connectivity index (χ0n) is 13.6. The maximum absolute atomic E-state index is 12.1. The number of nitrogens with one attached hydrogen (secondary N) is 2. The van der Waals surface area contributed by atoms with E-state index in [4.69, 9.17) is 9.47 Å². The molecule has 0 unspecified atom stereocenters. The number of amides is 2. The summed E-state index contributed by atoms with van der Waals surface area (Å²) in [5.74, 6) is -0.543. The van der Waals surface area contributed by atoms with Crippen LogP contribution in [0.1, 0.15) is 16.8 Å². The number of hydrogen-bond acceptors (Lipinski definition) is 6. The molecule has 0 spiro atoms. The summed E-state index contributed by atoms with van der Waals surface area (Å²) in [5.41, 5.74) is 4.70. The van der Waals surface area contributed by atoms with Crippen molar-refractivity contribution in [3.63, 3.8) is 0 Å². The molecular formula is C17H16N2O6S. The van der Waals surface area contributed by atoms with Crippen LogP contribution in [0.3, 0.4) is 0 Å². The lowest BCUT2D eigenvalue weighted by atomic mass is 10.2. The number of hydrazine groups is 1. The van der Waals surface area contributed by atoms with Crippen LogP contribution in [0.2, 0.25) is 0 Å². The van der Waals surface area contributed by atoms with Gasteiger partial charge in [-0.05, 0) is 30.3 Å². The SMILES string of the molecule is O=C(CCS(=O)(=O)c1ccccc1)NNC(=O)c1ccc2c(c1)OCO2. The third-order valence-electron chi connectivity index (χ3n) is 3.65. The Morgan fingerprint density at radius 1 is 0.962 bits per heavy atom. The Hall–Kier alpha value is -3.07. The van der Waals surface area contributed by atoms with Crippen LogP contribution in [0.15, 0.2) is 53.4 Å². The summed E-state index contributed by atoms with van der Waals surface area (Å²) in [6.07, 6.45) is -0.279. The highest BCUT2D eigenvalue weighted by atomic mass is 32.2. The minimum atomic E-state index is -3.56. The number of hydrogen-bond donors (Lipinski definition) is 2. The molecule has 0 saturated heterocycles. The van der Waals surface area contributed by atoms with Gasteiger partial charge in [0, 0.05) is 12.0 Å². The molecule has 136 valence electrons. The Balaban J connectivity index is 1.50. The first-order valence-corrected chi connectivity index (χ1v) is 9.37. The maximum atomic E-state index is 12.1. The molecule has 1 heterocycles. The van der Waals surface area contributed by atoms with Crippen LogP contribution in [0.5, 0.6) is 11.5 Å². The van der Waals surface area contributed by atoms with E-state index in [1.165, 1.54) is 24.3 Å². The van der Waals surface area contributed by atoms with E-state index >= 15 is 0 Å². The highest BCUT2D eigenvalue weighted by Crippen LogP contribution is 2.32. The third kappa shape index (κ3) is 4.12. The van der Waals surface area contributed by atoms with Gasteiger partial charge in [-0.25, -0.2) is 8.42 Å². The maximum Gasteiger partial charge on any atom is 0.269 e. The fourth-order valence-corrected chi connectivity index (χ4v) is 3.53. The van der Waals surface area contributed by atoms with Crippen LogP contribution in [-0.4, -0.2) is 32.8 Å². The normalized spacial score (nSPS) is 12.5. The average Bonchev–Trinajstić information content (AvgIpc) is 3.13. The Bertz CT molecular complexity index is 928. The second-order valence-electron chi connectivity index (χ2n) is 5.45. The highest BCUT2D eigenvalue weighted by molar-refractivity contribution is 7.91. The summed E-state index contributed by atoms with van der Waals surface area (Å²) in [6.45, 7) is 0.0903. The van der Waals surface area contributed by atoms with Gasteiger partial charge in [0.25, 0.3) is 5.91 Å². The van der Waals surface area contributed by atoms with Gasteiger partial charge in [0.15, 0.2) is 21.3 Å². The van der Waals surface area contributed by atoms with Crippen LogP contribution in [0, 0.1) is 0 Å². The lowest BCUT2D eigenvalue weighted by Crippen LogP contribution is -2.42. The zero-order chi connectivity index (χ0) is 18.6. The average molecular weight is 376 g/mol. The van der Waals surface area contributed by atoms with Gasteiger partial charge in [0.05, 0.1) is 10.6 Å². The molecule has 0 radical (unpaired) electrons. The minimum Gasteiger partial charge on any atom is -0.454 e. The van der Waals surface area contributed by atoms with Crippen molar-refractivity contribution < 1.29 is 27.5 Å². The topological polar surface area (TPSA) is 111 Å². The molecule has 1 aliphatic heterocycles. The van der Waals surface area contributed by atoms with E-state index in [2.05, 4.69) is 10.9 Å². The van der Waals surface area contributed by atoms with Crippen LogP contribution in [0.4, 0.5) is 0 Å². The molecule has 0 aliphatic carbocycles. The Labute approximate surface area is 150 Å². The van der Waals surface area contributed by atoms with Crippen molar-refractivity contribution in [2.75, 3.05) is 12.5 Å². The van der Waals surface area contributed by atoms with E-state index in [0.29, 0.717) is 11.5 Å². The molecule has 0 fully saturated rings. The van der Waals surface area contributed by atoms with E-state index in [0.717, 1.165) is 0 Å². The molecule has 1 aliphatic rings. The number of benzene rings is 2. The smallest absolute Gasteiger partial charge is 0.269 e. The summed E-state index contributed by atoms with van der Waals surface area (Å²) in [4.78, 5) is 24.0. The molecule has 0 atom stereocenters. The molecular weight excluding hydrogens is 360 g/mol. The van der Waals surface area contributed by atoms with Crippen molar-refractivity contribution >= 4 is 21.7 Å². The molecule has 2 aromatic rings. The van der Waals surface area contributed by atoms with Crippen LogP contribution in [-0.2, 0) is 14.6 Å². The van der Waals surface area contributed by atoms with Gasteiger partial charge in [0.2, 0.25) is 12.7 Å². The molecule has 0 aromatic heterocycles. The predicted molar refractivity (Wildman–Crippen MR) is 91.3 cm³/mol. The lowest BCUT2D eigenvalue weighted by molar-refractivity contribution is -0.121. The van der Waals surface area contributed by atoms with Gasteiger partial charge in [0.1, 0.15) is 0 Å². The first-order valence-electron chi connectivity index (χ1n) is 7.72. The predicted octanol–water partition coefficient (Wildman–Crippen LogP) is 1.04. The van der Waals surface area contributed by atoms with E-state index in [1.807, 2.05) is 0 Å². The Morgan fingerprint density at radius 3 is 2.46 bits per heavy atom. The number of rotatable bonds is 5. The summed E-state index contributed by atoms with van der Waals surface area (Å²) >= 11 is 0. The van der Waals surface area contributed by atoms with Crippen molar-refractivity contribution in [3.05, 3.63) is 54.1 Å². The Morgan fingerprint density at radius 2 is 1.69 bits per heavy atom. The largest absolute Gasteiger partial charge is 0.454 e. The monoisotopic (exact) mass is 376 g/mol. The number of carbonyl (C=O) groups excluding carboxylic acids is 2. The fourth-order valence-electron chi connectivity index (χ4n) is 2.27. The molecule has 2 N–H and O–H groups in total. The summed E-state index contributed by atoms with van der Waals surface area (Å²) in [5, 5.41) is 0. The van der Waals surface area contributed by atoms with Gasteiger partial charge in [-0.2, -0.15) is 0 Å². The standard InChI is InChI=1S/C17H16N2O6S/c20-16(8-9-26(22,23)13-4-2-1-3-5-13)18-19-17(21)12-6-7-14-15(10-12)25-11-24-14/h1-7,10H,8-9,11H2,(H,18,20)(H,19,21). The van der Waals surface area contributed by atoms with Crippen LogP contribution < -0.4 is 20.3 Å². The van der Waals surface area contributed by atoms with Gasteiger partial charge in [-0.3, -0.25) is 20.4 Å². The molecule has 26 heavy (non-hydrogen) atoms. The van der Waals surface area contributed by atoms with Crippen molar-refractivity contribution in [1.82, 2.24) is 10.9 Å². The first-order chi connectivity index (χ1) is 12.5. The van der Waals surface area contributed by atoms with Crippen molar-refractivity contribution in [1.29, 1.82) is 0 Å². The van der Waals surface area contributed by atoms with Gasteiger partial charge >= 0.3 is 0 Å². The van der Waals surface area contributed by atoms with Crippen LogP contribution >= 0.6 is 0 Å². The van der Waals surface area contributed by atoms with Crippen molar-refractivity contribution in [2.24, 2.45) is 0 Å².